The van der Waals surface area contributed by atoms with Gasteiger partial charge in [-0.15, -0.1) is 0 Å². The van der Waals surface area contributed by atoms with Crippen molar-refractivity contribution in [2.24, 2.45) is 28.1 Å². The smallest absolute Gasteiger partial charge is 0.141 e. The number of hydrogen-bond acceptors (Lipinski definition) is 4. The minimum absolute atomic E-state index is 0.0473. The zero-order valence-corrected chi connectivity index (χ0v) is 21.7. The zero-order valence-electron chi connectivity index (χ0n) is 21.7. The molecule has 0 aromatic carbocycles. The monoisotopic (exact) mass is 470 g/mol. The van der Waals surface area contributed by atoms with E-state index in [4.69, 9.17) is 0 Å². The van der Waals surface area contributed by atoms with Crippen LogP contribution < -0.4 is 0 Å². The fourth-order valence-corrected chi connectivity index (χ4v) is 7.86. The highest BCUT2D eigenvalue weighted by molar-refractivity contribution is 5.88. The first-order valence-electron chi connectivity index (χ1n) is 13.7. The highest BCUT2D eigenvalue weighted by Gasteiger charge is 2.55. The minimum Gasteiger partial charge on any atom is -0.393 e. The molecule has 6 atom stereocenters. The maximum Gasteiger partial charge on any atom is 0.141 e. The number of allylic oxidation sites excluding steroid dienone is 4. The van der Waals surface area contributed by atoms with E-state index in [9.17, 15) is 20.1 Å². The zero-order chi connectivity index (χ0) is 24.7. The molecule has 0 aliphatic heterocycles. The van der Waals surface area contributed by atoms with E-state index < -0.39 is 23.7 Å². The normalized spacial score (nSPS) is 37.6. The molecule has 0 bridgehead atoms. The average molecular weight is 471 g/mol. The molecule has 0 unspecified atom stereocenters. The van der Waals surface area contributed by atoms with Crippen LogP contribution in [0.25, 0.3) is 0 Å². The Morgan fingerprint density at radius 3 is 2.41 bits per heavy atom. The Hall–Kier alpha value is -1.23. The van der Waals surface area contributed by atoms with Gasteiger partial charge in [0.2, 0.25) is 0 Å². The summed E-state index contributed by atoms with van der Waals surface area (Å²) in [6.07, 6.45) is 17.0. The second-order valence-corrected chi connectivity index (χ2v) is 12.6. The maximum absolute atomic E-state index is 12.4. The molecule has 4 heteroatoms. The fourth-order valence-electron chi connectivity index (χ4n) is 7.86. The van der Waals surface area contributed by atoms with E-state index in [1.807, 2.05) is 13.0 Å². The lowest BCUT2D eigenvalue weighted by Gasteiger charge is -2.47. The molecule has 0 aromatic heterocycles. The SMILES string of the molecule is CCC(=O)C1([C@@H](O)/C=C/C(C)(C)[C@H]2CC[C@H]3/C(=C/C=C4C[C@@H](O)C[C@H](O)C4)CCC[C@]23C)CC1. The van der Waals surface area contributed by atoms with E-state index >= 15 is 0 Å². The molecule has 0 aromatic rings. The highest BCUT2D eigenvalue weighted by Crippen LogP contribution is 2.62. The van der Waals surface area contributed by atoms with E-state index in [-0.39, 0.29) is 16.6 Å². The number of ketones is 1. The highest BCUT2D eigenvalue weighted by atomic mass is 16.3. The van der Waals surface area contributed by atoms with Crippen molar-refractivity contribution in [2.75, 3.05) is 0 Å². The largest absolute Gasteiger partial charge is 0.393 e. The molecule has 34 heavy (non-hydrogen) atoms. The number of carbonyl (C=O) groups excluding carboxylic acids is 1. The van der Waals surface area contributed by atoms with Crippen LogP contribution in [-0.4, -0.2) is 39.4 Å². The summed E-state index contributed by atoms with van der Waals surface area (Å²) in [5.74, 6) is 1.29. The van der Waals surface area contributed by atoms with E-state index in [1.165, 1.54) is 31.3 Å². The number of fused-ring (bicyclic) bond motifs is 1. The van der Waals surface area contributed by atoms with Gasteiger partial charge in [0.1, 0.15) is 5.78 Å². The molecule has 0 amide bonds. The fraction of sp³-hybridized carbons (Fsp3) is 0.767. The first kappa shape index (κ1) is 25.9. The minimum atomic E-state index is -0.668. The average Bonchev–Trinajstić information content (AvgIpc) is 3.50. The van der Waals surface area contributed by atoms with Gasteiger partial charge in [0.15, 0.2) is 0 Å². The van der Waals surface area contributed by atoms with Crippen molar-refractivity contribution < 1.29 is 20.1 Å². The van der Waals surface area contributed by atoms with Crippen molar-refractivity contribution in [2.45, 2.75) is 117 Å². The third kappa shape index (κ3) is 4.88. The van der Waals surface area contributed by atoms with Crippen LogP contribution in [0, 0.1) is 28.1 Å². The van der Waals surface area contributed by atoms with Gasteiger partial charge in [0.05, 0.1) is 23.7 Å². The molecular formula is C30H46O4. The van der Waals surface area contributed by atoms with Crippen molar-refractivity contribution in [3.05, 3.63) is 35.5 Å². The Bertz CT molecular complexity index is 849. The van der Waals surface area contributed by atoms with Crippen LogP contribution in [0.1, 0.15) is 98.3 Å². The van der Waals surface area contributed by atoms with Crippen LogP contribution >= 0.6 is 0 Å². The molecule has 4 nitrogen and oxygen atoms in total. The Kier molecular flexibility index (Phi) is 7.35. The van der Waals surface area contributed by atoms with Gasteiger partial charge in [-0.1, -0.05) is 63.1 Å². The molecule has 4 fully saturated rings. The quantitative estimate of drug-likeness (QED) is 0.419. The molecule has 0 heterocycles. The summed E-state index contributed by atoms with van der Waals surface area (Å²) in [7, 11) is 0. The molecule has 4 aliphatic carbocycles. The molecule has 0 radical (unpaired) electrons. The topological polar surface area (TPSA) is 77.8 Å². The van der Waals surface area contributed by atoms with Crippen molar-refractivity contribution in [1.29, 1.82) is 0 Å². The second kappa shape index (κ2) is 9.67. The molecule has 4 saturated carbocycles. The third-order valence-electron chi connectivity index (χ3n) is 9.87. The lowest BCUT2D eigenvalue weighted by molar-refractivity contribution is -0.126. The summed E-state index contributed by atoms with van der Waals surface area (Å²) in [5.41, 5.74) is 2.35. The van der Waals surface area contributed by atoms with Crippen molar-refractivity contribution in [3.8, 4) is 0 Å². The van der Waals surface area contributed by atoms with E-state index in [0.717, 1.165) is 24.8 Å². The molecule has 3 N–H and O–H groups in total. The van der Waals surface area contributed by atoms with Crippen LogP contribution in [0.15, 0.2) is 35.5 Å². The summed E-state index contributed by atoms with van der Waals surface area (Å²) < 4.78 is 0. The maximum atomic E-state index is 12.4. The molecule has 4 rings (SSSR count). The standard InChI is InChI=1S/C30H46O4/c1-5-26(33)30(15-16-30)27(34)12-14-28(2,3)25-11-10-24-21(7-6-13-29(24,25)4)9-8-20-17-22(31)19-23(32)18-20/h8-9,12,14,22-25,27,31-32,34H,5-7,10-11,13,15-19H2,1-4H3/b14-12+,21-9+/t22-,23-,24+,25-,27+,29+/m1/s1. The number of rotatable bonds is 7. The van der Waals surface area contributed by atoms with Crippen molar-refractivity contribution in [1.82, 2.24) is 0 Å². The summed E-state index contributed by atoms with van der Waals surface area (Å²) in [6.45, 7) is 8.98. The number of aliphatic hydroxyl groups excluding tert-OH is 3. The Labute approximate surface area is 206 Å². The van der Waals surface area contributed by atoms with Crippen molar-refractivity contribution >= 4 is 5.78 Å². The Morgan fingerprint density at radius 1 is 1.12 bits per heavy atom. The van der Waals surface area contributed by atoms with E-state index in [2.05, 4.69) is 39.0 Å². The van der Waals surface area contributed by atoms with Crippen LogP contribution in [0.5, 0.6) is 0 Å². The molecular weight excluding hydrogens is 424 g/mol. The first-order valence-corrected chi connectivity index (χ1v) is 13.7. The molecule has 4 aliphatic rings. The second-order valence-electron chi connectivity index (χ2n) is 12.6. The predicted molar refractivity (Wildman–Crippen MR) is 136 cm³/mol. The van der Waals surface area contributed by atoms with Crippen LogP contribution in [0.2, 0.25) is 0 Å². The lowest BCUT2D eigenvalue weighted by atomic mass is 9.57. The van der Waals surface area contributed by atoms with Gasteiger partial charge < -0.3 is 15.3 Å². The number of Topliss-reactive ketones (excluding diaryl/α,β-unsaturated/α-hetero) is 1. The van der Waals surface area contributed by atoms with Gasteiger partial charge in [0, 0.05) is 6.42 Å². The first-order chi connectivity index (χ1) is 16.0. The van der Waals surface area contributed by atoms with Crippen LogP contribution in [-0.2, 0) is 4.79 Å². The van der Waals surface area contributed by atoms with Gasteiger partial charge in [0.25, 0.3) is 0 Å². The van der Waals surface area contributed by atoms with Gasteiger partial charge in [-0.3, -0.25) is 4.79 Å². The molecule has 0 saturated heterocycles. The molecule has 0 spiro atoms. The summed E-state index contributed by atoms with van der Waals surface area (Å²) >= 11 is 0. The van der Waals surface area contributed by atoms with Crippen LogP contribution in [0.4, 0.5) is 0 Å². The van der Waals surface area contributed by atoms with E-state index in [1.54, 1.807) is 0 Å². The van der Waals surface area contributed by atoms with Gasteiger partial charge in [-0.2, -0.15) is 0 Å². The number of aliphatic hydroxyl groups is 3. The lowest BCUT2D eigenvalue weighted by Crippen LogP contribution is -2.39. The van der Waals surface area contributed by atoms with E-state index in [0.29, 0.717) is 37.5 Å². The number of hydrogen-bond donors (Lipinski definition) is 3. The Balaban J connectivity index is 1.49. The summed E-state index contributed by atoms with van der Waals surface area (Å²) in [6, 6.07) is 0. The van der Waals surface area contributed by atoms with Gasteiger partial charge >= 0.3 is 0 Å². The molecule has 190 valence electrons. The third-order valence-corrected chi connectivity index (χ3v) is 9.87. The predicted octanol–water partition coefficient (Wildman–Crippen LogP) is 5.66. The Morgan fingerprint density at radius 2 is 1.79 bits per heavy atom. The van der Waals surface area contributed by atoms with Crippen molar-refractivity contribution in [3.63, 3.8) is 0 Å². The summed E-state index contributed by atoms with van der Waals surface area (Å²) in [5, 5.41) is 30.9. The number of carbonyl (C=O) groups is 1. The van der Waals surface area contributed by atoms with Gasteiger partial charge in [-0.25, -0.2) is 0 Å². The van der Waals surface area contributed by atoms with Gasteiger partial charge in [-0.05, 0) is 86.9 Å². The summed E-state index contributed by atoms with van der Waals surface area (Å²) in [4.78, 5) is 12.4. The van der Waals surface area contributed by atoms with Crippen LogP contribution in [0.3, 0.4) is 0 Å².